The van der Waals surface area contributed by atoms with Crippen molar-refractivity contribution in [3.8, 4) is 0 Å². The fraction of sp³-hybridized carbons (Fsp3) is 0.800. The van der Waals surface area contributed by atoms with Gasteiger partial charge in [0.2, 0.25) is 0 Å². The standard InChI is InChI=1S/C8H14.C2H6/c1-7(2)8(3)5-4-6-8;1-2/h1,4-6H2,2-3H3;1-2H3. The highest BCUT2D eigenvalue weighted by molar-refractivity contribution is 5.09. The highest BCUT2D eigenvalue weighted by atomic mass is 14.4. The fourth-order valence-electron chi connectivity index (χ4n) is 1.13. The normalized spacial score (nSPS) is 20.0. The van der Waals surface area contributed by atoms with Crippen molar-refractivity contribution in [1.82, 2.24) is 0 Å². The lowest BCUT2D eigenvalue weighted by Gasteiger charge is -2.39. The van der Waals surface area contributed by atoms with Crippen LogP contribution in [0.1, 0.15) is 47.0 Å². The maximum atomic E-state index is 3.95. The number of hydrogen-bond acceptors (Lipinski definition) is 0. The molecule has 60 valence electrons. The second-order valence-corrected chi connectivity index (χ2v) is 3.19. The van der Waals surface area contributed by atoms with Gasteiger partial charge in [-0.05, 0) is 25.2 Å². The smallest absolute Gasteiger partial charge is 0.0122 e. The molecule has 1 aliphatic carbocycles. The Labute approximate surface area is 65.3 Å². The minimum Gasteiger partial charge on any atom is -0.0996 e. The highest BCUT2D eigenvalue weighted by Crippen LogP contribution is 2.45. The molecule has 0 atom stereocenters. The molecule has 1 aliphatic rings. The summed E-state index contributed by atoms with van der Waals surface area (Å²) >= 11 is 0. The highest BCUT2D eigenvalue weighted by Gasteiger charge is 2.31. The lowest BCUT2D eigenvalue weighted by atomic mass is 9.66. The minimum absolute atomic E-state index is 0.528. The fourth-order valence-corrected chi connectivity index (χ4v) is 1.13. The SMILES string of the molecule is C=C(C)C1(C)CCC1.CC. The van der Waals surface area contributed by atoms with Crippen molar-refractivity contribution in [3.63, 3.8) is 0 Å². The van der Waals surface area contributed by atoms with Crippen molar-refractivity contribution in [3.05, 3.63) is 12.2 Å². The molecule has 0 spiro atoms. The van der Waals surface area contributed by atoms with E-state index >= 15 is 0 Å². The van der Waals surface area contributed by atoms with E-state index in [1.54, 1.807) is 0 Å². The molecule has 1 fully saturated rings. The molecule has 0 amide bonds. The van der Waals surface area contributed by atoms with Crippen LogP contribution in [-0.2, 0) is 0 Å². The zero-order valence-corrected chi connectivity index (χ0v) is 7.83. The first-order valence-corrected chi connectivity index (χ1v) is 4.31. The molecular formula is C10H20. The van der Waals surface area contributed by atoms with Gasteiger partial charge in [0.1, 0.15) is 0 Å². The average molecular weight is 140 g/mol. The van der Waals surface area contributed by atoms with E-state index in [2.05, 4.69) is 20.4 Å². The maximum Gasteiger partial charge on any atom is -0.0122 e. The van der Waals surface area contributed by atoms with Crippen molar-refractivity contribution in [2.75, 3.05) is 0 Å². The van der Waals surface area contributed by atoms with Crippen LogP contribution in [0.2, 0.25) is 0 Å². The second-order valence-electron chi connectivity index (χ2n) is 3.19. The predicted molar refractivity (Wildman–Crippen MR) is 48.1 cm³/mol. The van der Waals surface area contributed by atoms with Gasteiger partial charge in [-0.3, -0.25) is 0 Å². The lowest BCUT2D eigenvalue weighted by molar-refractivity contribution is 0.215. The van der Waals surface area contributed by atoms with Crippen LogP contribution in [0.25, 0.3) is 0 Å². The third-order valence-electron chi connectivity index (χ3n) is 2.49. The third-order valence-corrected chi connectivity index (χ3v) is 2.49. The monoisotopic (exact) mass is 140 g/mol. The number of hydrogen-bond donors (Lipinski definition) is 0. The summed E-state index contributed by atoms with van der Waals surface area (Å²) in [6.45, 7) is 12.4. The Morgan fingerprint density at radius 1 is 1.30 bits per heavy atom. The molecule has 0 nitrogen and oxygen atoms in total. The van der Waals surface area contributed by atoms with Crippen molar-refractivity contribution in [1.29, 1.82) is 0 Å². The van der Waals surface area contributed by atoms with E-state index in [1.165, 1.54) is 24.8 Å². The molecule has 0 N–H and O–H groups in total. The molecule has 0 heteroatoms. The molecule has 0 aromatic rings. The topological polar surface area (TPSA) is 0 Å². The maximum absolute atomic E-state index is 3.95. The molecule has 0 aromatic carbocycles. The van der Waals surface area contributed by atoms with Crippen molar-refractivity contribution >= 4 is 0 Å². The molecule has 1 saturated carbocycles. The first kappa shape index (κ1) is 9.74. The molecule has 0 unspecified atom stereocenters. The van der Waals surface area contributed by atoms with Gasteiger partial charge in [-0.25, -0.2) is 0 Å². The van der Waals surface area contributed by atoms with Crippen LogP contribution in [-0.4, -0.2) is 0 Å². The van der Waals surface area contributed by atoms with Crippen LogP contribution in [0.4, 0.5) is 0 Å². The molecule has 0 heterocycles. The molecule has 0 aromatic heterocycles. The molecule has 0 saturated heterocycles. The predicted octanol–water partition coefficient (Wildman–Crippen LogP) is 3.78. The average Bonchev–Trinajstić information content (AvgIpc) is 1.87. The third kappa shape index (κ3) is 1.86. The Bertz CT molecular complexity index is 107. The molecule has 0 bridgehead atoms. The molecule has 0 aliphatic heterocycles. The van der Waals surface area contributed by atoms with E-state index in [0.29, 0.717) is 5.41 Å². The summed E-state index contributed by atoms with van der Waals surface area (Å²) in [5.74, 6) is 0. The van der Waals surface area contributed by atoms with Gasteiger partial charge in [-0.2, -0.15) is 0 Å². The van der Waals surface area contributed by atoms with Gasteiger partial charge >= 0.3 is 0 Å². The van der Waals surface area contributed by atoms with E-state index in [1.807, 2.05) is 13.8 Å². The lowest BCUT2D eigenvalue weighted by Crippen LogP contribution is -2.25. The van der Waals surface area contributed by atoms with Crippen LogP contribution >= 0.6 is 0 Å². The summed E-state index contributed by atoms with van der Waals surface area (Å²) in [6, 6.07) is 0. The molecular weight excluding hydrogens is 120 g/mol. The Balaban J connectivity index is 0.000000371. The van der Waals surface area contributed by atoms with Crippen molar-refractivity contribution < 1.29 is 0 Å². The van der Waals surface area contributed by atoms with Gasteiger partial charge in [0.05, 0.1) is 0 Å². The molecule has 0 radical (unpaired) electrons. The van der Waals surface area contributed by atoms with Gasteiger partial charge in [-0.15, -0.1) is 0 Å². The van der Waals surface area contributed by atoms with E-state index < -0.39 is 0 Å². The zero-order chi connectivity index (χ0) is 8.20. The van der Waals surface area contributed by atoms with Gasteiger partial charge in [-0.1, -0.05) is 39.3 Å². The minimum atomic E-state index is 0.528. The largest absolute Gasteiger partial charge is 0.0996 e. The first-order chi connectivity index (χ1) is 4.65. The summed E-state index contributed by atoms with van der Waals surface area (Å²) in [7, 11) is 0. The molecule has 10 heavy (non-hydrogen) atoms. The van der Waals surface area contributed by atoms with E-state index in [-0.39, 0.29) is 0 Å². The summed E-state index contributed by atoms with van der Waals surface area (Å²) in [6.07, 6.45) is 4.13. The quantitative estimate of drug-likeness (QED) is 0.486. The Hall–Kier alpha value is -0.260. The van der Waals surface area contributed by atoms with E-state index in [4.69, 9.17) is 0 Å². The van der Waals surface area contributed by atoms with Gasteiger partial charge in [0.25, 0.3) is 0 Å². The Morgan fingerprint density at radius 3 is 1.70 bits per heavy atom. The van der Waals surface area contributed by atoms with Crippen LogP contribution in [0, 0.1) is 5.41 Å². The van der Waals surface area contributed by atoms with Gasteiger partial charge < -0.3 is 0 Å². The summed E-state index contributed by atoms with van der Waals surface area (Å²) in [4.78, 5) is 0. The van der Waals surface area contributed by atoms with Crippen molar-refractivity contribution in [2.45, 2.75) is 47.0 Å². The zero-order valence-electron chi connectivity index (χ0n) is 7.83. The number of rotatable bonds is 1. The van der Waals surface area contributed by atoms with Crippen LogP contribution in [0.15, 0.2) is 12.2 Å². The summed E-state index contributed by atoms with van der Waals surface area (Å²) in [5, 5.41) is 0. The first-order valence-electron chi connectivity index (χ1n) is 4.31. The van der Waals surface area contributed by atoms with Crippen molar-refractivity contribution in [2.24, 2.45) is 5.41 Å². The molecule has 1 rings (SSSR count). The Kier molecular flexibility index (Phi) is 3.70. The van der Waals surface area contributed by atoms with Crippen LogP contribution < -0.4 is 0 Å². The van der Waals surface area contributed by atoms with Gasteiger partial charge in [0, 0.05) is 0 Å². The number of allylic oxidation sites excluding steroid dienone is 1. The van der Waals surface area contributed by atoms with E-state index in [0.717, 1.165) is 0 Å². The van der Waals surface area contributed by atoms with Crippen LogP contribution in [0.3, 0.4) is 0 Å². The van der Waals surface area contributed by atoms with E-state index in [9.17, 15) is 0 Å². The van der Waals surface area contributed by atoms with Gasteiger partial charge in [0.15, 0.2) is 0 Å². The van der Waals surface area contributed by atoms with Crippen LogP contribution in [0.5, 0.6) is 0 Å². The summed E-state index contributed by atoms with van der Waals surface area (Å²) in [5.41, 5.74) is 1.89. The second kappa shape index (κ2) is 3.80. The Morgan fingerprint density at radius 2 is 1.70 bits per heavy atom. The summed E-state index contributed by atoms with van der Waals surface area (Å²) < 4.78 is 0.